The molecule has 1 aromatic rings. The smallest absolute Gasteiger partial charge is 0.357 e. The number of benzene rings is 1. The number of rotatable bonds is 6. The summed E-state index contributed by atoms with van der Waals surface area (Å²) in [6.45, 7) is 4.71. The Balaban J connectivity index is 3.29. The van der Waals surface area contributed by atoms with E-state index in [4.69, 9.17) is 16.3 Å². The van der Waals surface area contributed by atoms with Gasteiger partial charge in [-0.05, 0) is 18.6 Å². The molecule has 1 aromatic carbocycles. The number of anilines is 1. The van der Waals surface area contributed by atoms with E-state index in [0.717, 1.165) is 11.0 Å². The predicted molar refractivity (Wildman–Crippen MR) is 75.4 cm³/mol. The molecule has 0 saturated heterocycles. The Kier molecular flexibility index (Phi) is 6.23. The lowest BCUT2D eigenvalue weighted by molar-refractivity contribution is -0.137. The number of ether oxygens (including phenoxy) is 1. The van der Waals surface area contributed by atoms with Crippen LogP contribution in [-0.2, 0) is 15.7 Å². The Morgan fingerprint density at radius 2 is 2.14 bits per heavy atom. The zero-order chi connectivity index (χ0) is 16.0. The van der Waals surface area contributed by atoms with E-state index in [1.54, 1.807) is 0 Å². The van der Waals surface area contributed by atoms with Crippen molar-refractivity contribution in [2.24, 2.45) is 0 Å². The molecule has 0 bridgehead atoms. The van der Waals surface area contributed by atoms with E-state index in [2.05, 4.69) is 6.58 Å². The number of hydrogen-bond donors (Lipinski definition) is 0. The highest BCUT2D eigenvalue weighted by atomic mass is 35.5. The molecule has 0 N–H and O–H groups in total. The van der Waals surface area contributed by atoms with Crippen LogP contribution in [0.4, 0.5) is 18.9 Å². The fourth-order valence-corrected chi connectivity index (χ4v) is 1.95. The Hall–Kier alpha value is -1.53. The fourth-order valence-electron chi connectivity index (χ4n) is 1.81. The second kappa shape index (κ2) is 7.47. The summed E-state index contributed by atoms with van der Waals surface area (Å²) in [4.78, 5) is 12.8. The third-order valence-electron chi connectivity index (χ3n) is 2.68. The van der Waals surface area contributed by atoms with Crippen molar-refractivity contribution in [3.8, 4) is 0 Å². The molecular formula is C14H15ClF3NO2. The molecule has 1 amide bonds. The molecule has 0 unspecified atom stereocenters. The van der Waals surface area contributed by atoms with Gasteiger partial charge in [-0.3, -0.25) is 9.69 Å². The maximum Gasteiger partial charge on any atom is 0.418 e. The van der Waals surface area contributed by atoms with Gasteiger partial charge in [-0.25, -0.2) is 0 Å². The molecule has 0 aliphatic carbocycles. The summed E-state index contributed by atoms with van der Waals surface area (Å²) < 4.78 is 44.5. The van der Waals surface area contributed by atoms with Crippen molar-refractivity contribution in [3.63, 3.8) is 0 Å². The molecule has 0 atom stereocenters. The number of hydrogen-bond acceptors (Lipinski definition) is 2. The molecule has 1 rings (SSSR count). The largest absolute Gasteiger partial charge is 0.418 e. The first-order chi connectivity index (χ1) is 9.82. The zero-order valence-electron chi connectivity index (χ0n) is 11.4. The summed E-state index contributed by atoms with van der Waals surface area (Å²) in [7, 11) is 0. The second-order valence-corrected chi connectivity index (χ2v) is 4.48. The minimum Gasteiger partial charge on any atom is -0.357 e. The average Bonchev–Trinajstić information content (AvgIpc) is 2.42. The van der Waals surface area contributed by atoms with E-state index in [0.29, 0.717) is 5.56 Å². The van der Waals surface area contributed by atoms with E-state index < -0.39 is 23.5 Å². The number of nitrogens with zero attached hydrogens (tertiary/aromatic N) is 1. The van der Waals surface area contributed by atoms with Gasteiger partial charge in [-0.15, -0.1) is 18.2 Å². The van der Waals surface area contributed by atoms with Crippen LogP contribution in [0.1, 0.15) is 11.1 Å². The molecule has 0 radical (unpaired) electrons. The van der Waals surface area contributed by atoms with Gasteiger partial charge in [-0.2, -0.15) is 13.2 Å². The fraction of sp³-hybridized carbons (Fsp3) is 0.357. The number of carbonyl (C=O) groups is 1. The van der Waals surface area contributed by atoms with E-state index >= 15 is 0 Å². The normalized spacial score (nSPS) is 11.3. The predicted octanol–water partition coefficient (Wildman–Crippen LogP) is 3.75. The summed E-state index contributed by atoms with van der Waals surface area (Å²) in [6.07, 6.45) is -3.14. The van der Waals surface area contributed by atoms with Crippen molar-refractivity contribution >= 4 is 23.2 Å². The Bertz CT molecular complexity index is 517. The molecule has 3 nitrogen and oxygen atoms in total. The Labute approximate surface area is 125 Å². The lowest BCUT2D eigenvalue weighted by atomic mass is 10.1. The number of carbonyl (C=O) groups excluding carboxylic acids is 1. The summed E-state index contributed by atoms with van der Waals surface area (Å²) in [5, 5.41) is 0. The molecule has 116 valence electrons. The van der Waals surface area contributed by atoms with E-state index in [1.807, 2.05) is 0 Å². The van der Waals surface area contributed by atoms with Crippen LogP contribution in [0.2, 0.25) is 0 Å². The molecule has 7 heteroatoms. The van der Waals surface area contributed by atoms with Gasteiger partial charge >= 0.3 is 6.18 Å². The van der Waals surface area contributed by atoms with Crippen molar-refractivity contribution in [1.82, 2.24) is 0 Å². The van der Waals surface area contributed by atoms with Crippen molar-refractivity contribution < 1.29 is 22.7 Å². The molecular weight excluding hydrogens is 307 g/mol. The molecule has 0 aromatic heterocycles. The average molecular weight is 322 g/mol. The maximum atomic E-state index is 13.1. The third kappa shape index (κ3) is 4.47. The molecule has 0 aliphatic rings. The lowest BCUT2D eigenvalue weighted by Crippen LogP contribution is -2.36. The van der Waals surface area contributed by atoms with Gasteiger partial charge < -0.3 is 4.74 Å². The van der Waals surface area contributed by atoms with Crippen LogP contribution in [0.5, 0.6) is 0 Å². The SMILES string of the molecule is C=CCOCN(C(=O)CCl)c1c(C)cccc1C(F)(F)F. The minimum absolute atomic E-state index is 0.110. The second-order valence-electron chi connectivity index (χ2n) is 4.21. The van der Waals surface area contributed by atoms with Gasteiger partial charge in [0.15, 0.2) is 0 Å². The van der Waals surface area contributed by atoms with Gasteiger partial charge in [0.05, 0.1) is 17.9 Å². The number of alkyl halides is 4. The number of para-hydroxylation sites is 1. The van der Waals surface area contributed by atoms with Gasteiger partial charge in [0.25, 0.3) is 0 Å². The third-order valence-corrected chi connectivity index (χ3v) is 2.91. The van der Waals surface area contributed by atoms with Crippen LogP contribution in [-0.4, -0.2) is 25.1 Å². The van der Waals surface area contributed by atoms with Crippen LogP contribution in [0.25, 0.3) is 0 Å². The van der Waals surface area contributed by atoms with Crippen molar-refractivity contribution in [1.29, 1.82) is 0 Å². The molecule has 0 saturated carbocycles. The summed E-state index contributed by atoms with van der Waals surface area (Å²) in [5.74, 6) is -1.11. The number of amides is 1. The monoisotopic (exact) mass is 321 g/mol. The number of halogens is 4. The Morgan fingerprint density at radius 3 is 2.67 bits per heavy atom. The van der Waals surface area contributed by atoms with E-state index in [9.17, 15) is 18.0 Å². The summed E-state index contributed by atoms with van der Waals surface area (Å²) in [6, 6.07) is 3.70. The zero-order valence-corrected chi connectivity index (χ0v) is 12.2. The van der Waals surface area contributed by atoms with E-state index in [1.165, 1.54) is 25.1 Å². The highest BCUT2D eigenvalue weighted by Gasteiger charge is 2.36. The maximum absolute atomic E-state index is 13.1. The van der Waals surface area contributed by atoms with Crippen LogP contribution in [0.3, 0.4) is 0 Å². The first kappa shape index (κ1) is 17.5. The van der Waals surface area contributed by atoms with Gasteiger partial charge in [0.1, 0.15) is 12.6 Å². The van der Waals surface area contributed by atoms with Gasteiger partial charge in [0.2, 0.25) is 5.91 Å². The highest BCUT2D eigenvalue weighted by Crippen LogP contribution is 2.38. The molecule has 0 spiro atoms. The molecule has 0 aliphatic heterocycles. The quantitative estimate of drug-likeness (QED) is 0.346. The topological polar surface area (TPSA) is 29.5 Å². The molecule has 0 fully saturated rings. The number of aryl methyl sites for hydroxylation is 1. The van der Waals surface area contributed by atoms with Crippen molar-refractivity contribution in [2.75, 3.05) is 24.1 Å². The summed E-state index contributed by atoms with van der Waals surface area (Å²) >= 11 is 5.48. The lowest BCUT2D eigenvalue weighted by Gasteiger charge is -2.26. The highest BCUT2D eigenvalue weighted by molar-refractivity contribution is 6.29. The minimum atomic E-state index is -4.58. The van der Waals surface area contributed by atoms with Crippen LogP contribution >= 0.6 is 11.6 Å². The first-order valence-corrected chi connectivity index (χ1v) is 6.58. The van der Waals surface area contributed by atoms with Crippen molar-refractivity contribution in [3.05, 3.63) is 42.0 Å². The standard InChI is InChI=1S/C14H15ClF3NO2/c1-3-7-21-9-19(12(20)8-15)13-10(2)5-4-6-11(13)14(16,17)18/h3-6H,1,7-9H2,2H3. The van der Waals surface area contributed by atoms with Crippen LogP contribution in [0, 0.1) is 6.92 Å². The molecule has 21 heavy (non-hydrogen) atoms. The molecule has 0 heterocycles. The van der Waals surface area contributed by atoms with Crippen molar-refractivity contribution in [2.45, 2.75) is 13.1 Å². The summed E-state index contributed by atoms with van der Waals surface area (Å²) in [5.41, 5.74) is -0.826. The van der Waals surface area contributed by atoms with Gasteiger partial charge in [0, 0.05) is 0 Å². The first-order valence-electron chi connectivity index (χ1n) is 6.04. The van der Waals surface area contributed by atoms with Crippen LogP contribution in [0.15, 0.2) is 30.9 Å². The van der Waals surface area contributed by atoms with Gasteiger partial charge in [-0.1, -0.05) is 18.2 Å². The Morgan fingerprint density at radius 1 is 1.48 bits per heavy atom. The van der Waals surface area contributed by atoms with Crippen LogP contribution < -0.4 is 4.90 Å². The van der Waals surface area contributed by atoms with E-state index in [-0.39, 0.29) is 19.0 Å².